The summed E-state index contributed by atoms with van der Waals surface area (Å²) in [5.74, 6) is 0. The molecule has 0 aliphatic carbocycles. The second-order valence-corrected chi connectivity index (χ2v) is 4.37. The summed E-state index contributed by atoms with van der Waals surface area (Å²) in [5.41, 5.74) is 0. The number of aliphatic hydroxyl groups excluding tert-OH is 1. The van der Waals surface area contributed by atoms with Crippen LogP contribution in [0.3, 0.4) is 0 Å². The average molecular weight is 216 g/mol. The first kappa shape index (κ1) is 12.9. The first-order valence-electron chi connectivity index (χ1n) is 5.85. The minimum absolute atomic E-state index is 0.239. The quantitative estimate of drug-likeness (QED) is 0.659. The van der Waals surface area contributed by atoms with E-state index in [4.69, 9.17) is 9.84 Å². The third kappa shape index (κ3) is 5.47. The van der Waals surface area contributed by atoms with E-state index in [-0.39, 0.29) is 6.10 Å². The fraction of sp³-hybridized carbons (Fsp3) is 1.00. The molecule has 4 nitrogen and oxygen atoms in total. The third-order valence-corrected chi connectivity index (χ3v) is 2.90. The Balaban J connectivity index is 2.07. The summed E-state index contributed by atoms with van der Waals surface area (Å²) in [7, 11) is 1.75. The van der Waals surface area contributed by atoms with E-state index in [1.165, 1.54) is 12.8 Å². The van der Waals surface area contributed by atoms with Crippen molar-refractivity contribution >= 4 is 0 Å². The topological polar surface area (TPSA) is 44.7 Å². The van der Waals surface area contributed by atoms with Crippen molar-refractivity contribution in [2.45, 2.75) is 31.9 Å². The molecule has 1 aliphatic rings. The van der Waals surface area contributed by atoms with Gasteiger partial charge in [0, 0.05) is 26.2 Å². The Hall–Kier alpha value is -0.160. The lowest BCUT2D eigenvalue weighted by atomic mass is 10.1. The van der Waals surface area contributed by atoms with Gasteiger partial charge in [0.15, 0.2) is 0 Å². The van der Waals surface area contributed by atoms with Crippen LogP contribution >= 0.6 is 0 Å². The van der Waals surface area contributed by atoms with Gasteiger partial charge in [-0.3, -0.25) is 0 Å². The van der Waals surface area contributed by atoms with Gasteiger partial charge in [0.2, 0.25) is 0 Å². The molecule has 0 amide bonds. The van der Waals surface area contributed by atoms with Crippen LogP contribution in [-0.4, -0.2) is 62.0 Å². The van der Waals surface area contributed by atoms with Crippen LogP contribution in [-0.2, 0) is 4.74 Å². The molecule has 0 aromatic rings. The molecular formula is C11H24N2O2. The van der Waals surface area contributed by atoms with E-state index in [1.54, 1.807) is 7.11 Å². The Morgan fingerprint density at radius 2 is 2.13 bits per heavy atom. The number of aliphatic hydroxyl groups is 1. The maximum atomic E-state index is 9.16. The van der Waals surface area contributed by atoms with Gasteiger partial charge in [-0.15, -0.1) is 0 Å². The lowest BCUT2D eigenvalue weighted by Gasteiger charge is -2.32. The van der Waals surface area contributed by atoms with Gasteiger partial charge in [0.05, 0.1) is 12.7 Å². The number of ether oxygens (including phenoxy) is 1. The maximum Gasteiger partial charge on any atom is 0.0636 e. The number of hydrogen-bond acceptors (Lipinski definition) is 4. The first-order chi connectivity index (χ1) is 7.22. The molecule has 0 radical (unpaired) electrons. The lowest BCUT2D eigenvalue weighted by Crippen LogP contribution is -2.45. The van der Waals surface area contributed by atoms with E-state index in [0.29, 0.717) is 12.6 Å². The van der Waals surface area contributed by atoms with E-state index < -0.39 is 0 Å². The zero-order chi connectivity index (χ0) is 11.1. The van der Waals surface area contributed by atoms with Gasteiger partial charge >= 0.3 is 0 Å². The molecule has 0 aromatic heterocycles. The van der Waals surface area contributed by atoms with Gasteiger partial charge in [-0.2, -0.15) is 0 Å². The van der Waals surface area contributed by atoms with Crippen molar-refractivity contribution in [3.63, 3.8) is 0 Å². The fourth-order valence-corrected chi connectivity index (χ4v) is 1.92. The SMILES string of the molecule is COCCN1CCC(NC[C@@H](C)O)CC1. The van der Waals surface area contributed by atoms with Gasteiger partial charge < -0.3 is 20.1 Å². The molecule has 0 bridgehead atoms. The fourth-order valence-electron chi connectivity index (χ4n) is 1.92. The number of methoxy groups -OCH3 is 1. The Labute approximate surface area is 92.6 Å². The van der Waals surface area contributed by atoms with Crippen LogP contribution in [0.25, 0.3) is 0 Å². The summed E-state index contributed by atoms with van der Waals surface area (Å²) in [5, 5.41) is 12.6. The number of nitrogens with zero attached hydrogens (tertiary/aromatic N) is 1. The Bertz CT molecular complexity index is 157. The second-order valence-electron chi connectivity index (χ2n) is 4.37. The van der Waals surface area contributed by atoms with Crippen LogP contribution in [0.5, 0.6) is 0 Å². The Morgan fingerprint density at radius 3 is 2.67 bits per heavy atom. The Morgan fingerprint density at radius 1 is 1.47 bits per heavy atom. The summed E-state index contributed by atoms with van der Waals surface area (Å²) in [6.45, 7) is 6.68. The van der Waals surface area contributed by atoms with Crippen molar-refractivity contribution in [3.8, 4) is 0 Å². The molecule has 0 unspecified atom stereocenters. The number of hydrogen-bond donors (Lipinski definition) is 2. The maximum absolute atomic E-state index is 9.16. The van der Waals surface area contributed by atoms with E-state index in [1.807, 2.05) is 6.92 Å². The van der Waals surface area contributed by atoms with Crippen molar-refractivity contribution in [2.24, 2.45) is 0 Å². The molecule has 1 rings (SSSR count). The molecule has 15 heavy (non-hydrogen) atoms. The van der Waals surface area contributed by atoms with Crippen molar-refractivity contribution < 1.29 is 9.84 Å². The van der Waals surface area contributed by atoms with Crippen molar-refractivity contribution in [1.82, 2.24) is 10.2 Å². The van der Waals surface area contributed by atoms with Crippen LogP contribution in [0.2, 0.25) is 0 Å². The molecular weight excluding hydrogens is 192 g/mol. The first-order valence-corrected chi connectivity index (χ1v) is 5.85. The molecule has 1 atom stereocenters. The molecule has 0 aromatic carbocycles. The number of nitrogens with one attached hydrogen (secondary N) is 1. The average Bonchev–Trinajstić information content (AvgIpc) is 2.25. The summed E-state index contributed by atoms with van der Waals surface area (Å²) in [6, 6.07) is 0.582. The van der Waals surface area contributed by atoms with Gasteiger partial charge in [0.1, 0.15) is 0 Å². The summed E-state index contributed by atoms with van der Waals surface area (Å²) in [6.07, 6.45) is 2.11. The minimum atomic E-state index is -0.239. The van der Waals surface area contributed by atoms with Crippen LogP contribution in [0, 0.1) is 0 Å². The van der Waals surface area contributed by atoms with Crippen molar-refractivity contribution in [3.05, 3.63) is 0 Å². The predicted molar refractivity (Wildman–Crippen MR) is 61.0 cm³/mol. The smallest absolute Gasteiger partial charge is 0.0636 e. The van der Waals surface area contributed by atoms with Gasteiger partial charge in [0.25, 0.3) is 0 Å². The molecule has 1 heterocycles. The molecule has 1 aliphatic heterocycles. The highest BCUT2D eigenvalue weighted by Gasteiger charge is 2.18. The highest BCUT2D eigenvalue weighted by molar-refractivity contribution is 4.77. The molecule has 4 heteroatoms. The zero-order valence-electron chi connectivity index (χ0n) is 9.91. The lowest BCUT2D eigenvalue weighted by molar-refractivity contribution is 0.121. The second kappa shape index (κ2) is 7.17. The van der Waals surface area contributed by atoms with Crippen molar-refractivity contribution in [2.75, 3.05) is 39.9 Å². The minimum Gasteiger partial charge on any atom is -0.392 e. The molecule has 0 saturated carbocycles. The highest BCUT2D eigenvalue weighted by atomic mass is 16.5. The summed E-state index contributed by atoms with van der Waals surface area (Å²) < 4.78 is 5.06. The van der Waals surface area contributed by atoms with E-state index in [9.17, 15) is 0 Å². The molecule has 1 fully saturated rings. The largest absolute Gasteiger partial charge is 0.392 e. The number of likely N-dealkylation sites (tertiary alicyclic amines) is 1. The highest BCUT2D eigenvalue weighted by Crippen LogP contribution is 2.09. The molecule has 0 spiro atoms. The van der Waals surface area contributed by atoms with E-state index in [2.05, 4.69) is 10.2 Å². The number of rotatable bonds is 6. The standard InChI is InChI=1S/C11H24N2O2/c1-10(14)9-12-11-3-5-13(6-4-11)7-8-15-2/h10-12,14H,3-9H2,1-2H3/t10-/m1/s1. The van der Waals surface area contributed by atoms with Crippen LogP contribution < -0.4 is 5.32 Å². The van der Waals surface area contributed by atoms with Crippen molar-refractivity contribution in [1.29, 1.82) is 0 Å². The zero-order valence-corrected chi connectivity index (χ0v) is 9.91. The molecule has 1 saturated heterocycles. The van der Waals surface area contributed by atoms with Gasteiger partial charge in [-0.1, -0.05) is 0 Å². The van der Waals surface area contributed by atoms with Crippen LogP contribution in [0.15, 0.2) is 0 Å². The van der Waals surface area contributed by atoms with Crippen LogP contribution in [0.4, 0.5) is 0 Å². The number of piperidine rings is 1. The monoisotopic (exact) mass is 216 g/mol. The summed E-state index contributed by atoms with van der Waals surface area (Å²) in [4.78, 5) is 2.43. The predicted octanol–water partition coefficient (Wildman–Crippen LogP) is 0.0676. The van der Waals surface area contributed by atoms with Gasteiger partial charge in [-0.25, -0.2) is 0 Å². The van der Waals surface area contributed by atoms with E-state index in [0.717, 1.165) is 26.2 Å². The van der Waals surface area contributed by atoms with Crippen LogP contribution in [0.1, 0.15) is 19.8 Å². The molecule has 2 N–H and O–H groups in total. The molecule has 90 valence electrons. The Kier molecular flexibility index (Phi) is 6.17. The third-order valence-electron chi connectivity index (χ3n) is 2.90. The van der Waals surface area contributed by atoms with E-state index >= 15 is 0 Å². The van der Waals surface area contributed by atoms with Gasteiger partial charge in [-0.05, 0) is 32.9 Å². The summed E-state index contributed by atoms with van der Waals surface area (Å²) >= 11 is 0. The normalized spacial score (nSPS) is 21.8.